The van der Waals surface area contributed by atoms with Gasteiger partial charge in [-0.25, -0.2) is 0 Å². The Labute approximate surface area is 115 Å². The quantitative estimate of drug-likeness (QED) is 0.833. The lowest BCUT2D eigenvalue weighted by molar-refractivity contribution is -0.119. The fourth-order valence-electron chi connectivity index (χ4n) is 2.11. The van der Waals surface area contributed by atoms with Gasteiger partial charge >= 0.3 is 0 Å². The van der Waals surface area contributed by atoms with Gasteiger partial charge in [-0.3, -0.25) is 4.79 Å². The summed E-state index contributed by atoms with van der Waals surface area (Å²) in [5.74, 6) is 0.818. The third kappa shape index (κ3) is 4.57. The van der Waals surface area contributed by atoms with E-state index in [9.17, 15) is 4.79 Å². The number of anilines is 1. The first-order valence-electron chi connectivity index (χ1n) is 6.38. The molecular formula is C14H21ClN2O. The summed E-state index contributed by atoms with van der Waals surface area (Å²) in [5, 5.41) is 6.17. The van der Waals surface area contributed by atoms with Crippen molar-refractivity contribution in [1.82, 2.24) is 5.32 Å². The van der Waals surface area contributed by atoms with E-state index in [1.807, 2.05) is 30.3 Å². The lowest BCUT2D eigenvalue weighted by atomic mass is 10.2. The number of hydrogen-bond acceptors (Lipinski definition) is 2. The predicted octanol–water partition coefficient (Wildman–Crippen LogP) is 2.83. The van der Waals surface area contributed by atoms with Gasteiger partial charge in [-0.05, 0) is 30.9 Å². The zero-order chi connectivity index (χ0) is 12.1. The number of amides is 1. The average Bonchev–Trinajstić information content (AvgIpc) is 3.06. The van der Waals surface area contributed by atoms with Gasteiger partial charge in [0.25, 0.3) is 0 Å². The molecule has 18 heavy (non-hydrogen) atoms. The first-order chi connectivity index (χ1) is 8.29. The minimum Gasteiger partial charge on any atom is -0.376 e. The van der Waals surface area contributed by atoms with Crippen molar-refractivity contribution >= 4 is 24.0 Å². The molecule has 2 unspecified atom stereocenters. The molecule has 0 radical (unpaired) electrons. The van der Waals surface area contributed by atoms with E-state index in [1.165, 1.54) is 12.8 Å². The smallest absolute Gasteiger partial charge is 0.239 e. The van der Waals surface area contributed by atoms with Crippen molar-refractivity contribution in [1.29, 1.82) is 0 Å². The Morgan fingerprint density at radius 1 is 1.33 bits per heavy atom. The Balaban J connectivity index is 0.00000162. The predicted molar refractivity (Wildman–Crippen MR) is 77.1 cm³/mol. The molecule has 2 rings (SSSR count). The van der Waals surface area contributed by atoms with Crippen LogP contribution in [0.15, 0.2) is 30.3 Å². The molecule has 1 amide bonds. The topological polar surface area (TPSA) is 41.1 Å². The van der Waals surface area contributed by atoms with Crippen molar-refractivity contribution in [3.05, 3.63) is 30.3 Å². The standard InChI is InChI=1S/C14H20N2O.ClH/c1-2-6-11-9-13(11)16-14(17)10-15-12-7-4-3-5-8-12;/h3-5,7-8,11,13,15H,2,6,9-10H2,1H3,(H,16,17);1H. The highest BCUT2D eigenvalue weighted by molar-refractivity contribution is 5.85. The normalized spacial score (nSPS) is 20.7. The van der Waals surface area contributed by atoms with E-state index >= 15 is 0 Å². The molecule has 2 N–H and O–H groups in total. The third-order valence-electron chi connectivity index (χ3n) is 3.16. The number of carbonyl (C=O) groups excluding carboxylic acids is 1. The van der Waals surface area contributed by atoms with Crippen LogP contribution in [0.25, 0.3) is 0 Å². The van der Waals surface area contributed by atoms with Crippen LogP contribution >= 0.6 is 12.4 Å². The van der Waals surface area contributed by atoms with Crippen LogP contribution in [-0.4, -0.2) is 18.5 Å². The fraction of sp³-hybridized carbons (Fsp3) is 0.500. The lowest BCUT2D eigenvalue weighted by Crippen LogP contribution is -2.32. The number of hydrogen-bond donors (Lipinski definition) is 2. The molecule has 1 aliphatic rings. The van der Waals surface area contributed by atoms with Gasteiger partial charge in [-0.1, -0.05) is 31.5 Å². The second-order valence-electron chi connectivity index (χ2n) is 4.68. The van der Waals surface area contributed by atoms with Crippen molar-refractivity contribution < 1.29 is 4.79 Å². The molecule has 0 saturated heterocycles. The van der Waals surface area contributed by atoms with E-state index in [4.69, 9.17) is 0 Å². The second kappa shape index (κ2) is 7.27. The summed E-state index contributed by atoms with van der Waals surface area (Å²) < 4.78 is 0. The summed E-state index contributed by atoms with van der Waals surface area (Å²) in [6, 6.07) is 10.2. The van der Waals surface area contributed by atoms with Gasteiger partial charge in [0.05, 0.1) is 6.54 Å². The van der Waals surface area contributed by atoms with E-state index in [0.29, 0.717) is 12.6 Å². The number of carbonyl (C=O) groups is 1. The molecule has 1 aromatic rings. The van der Waals surface area contributed by atoms with Gasteiger partial charge in [0.2, 0.25) is 5.91 Å². The van der Waals surface area contributed by atoms with E-state index in [-0.39, 0.29) is 18.3 Å². The molecule has 1 saturated carbocycles. The van der Waals surface area contributed by atoms with Crippen LogP contribution in [0.3, 0.4) is 0 Å². The Kier molecular flexibility index (Phi) is 5.99. The molecule has 4 heteroatoms. The highest BCUT2D eigenvalue weighted by Gasteiger charge is 2.36. The highest BCUT2D eigenvalue weighted by atomic mass is 35.5. The molecule has 3 nitrogen and oxygen atoms in total. The van der Waals surface area contributed by atoms with Gasteiger partial charge < -0.3 is 10.6 Å². The van der Waals surface area contributed by atoms with Crippen molar-refractivity contribution in [2.24, 2.45) is 5.92 Å². The number of benzene rings is 1. The van der Waals surface area contributed by atoms with Gasteiger partial charge in [0, 0.05) is 11.7 Å². The molecule has 0 aromatic heterocycles. The minimum absolute atomic E-state index is 0. The monoisotopic (exact) mass is 268 g/mol. The second-order valence-corrected chi connectivity index (χ2v) is 4.68. The maximum atomic E-state index is 11.6. The summed E-state index contributed by atoms with van der Waals surface area (Å²) in [5.41, 5.74) is 0.989. The molecule has 1 aliphatic carbocycles. The van der Waals surface area contributed by atoms with E-state index < -0.39 is 0 Å². The Bertz CT molecular complexity index is 369. The van der Waals surface area contributed by atoms with Crippen LogP contribution < -0.4 is 10.6 Å². The number of nitrogens with one attached hydrogen (secondary N) is 2. The summed E-state index contributed by atoms with van der Waals surface area (Å²) in [6.07, 6.45) is 3.60. The molecule has 1 aromatic carbocycles. The molecule has 0 aliphatic heterocycles. The van der Waals surface area contributed by atoms with Gasteiger partial charge in [0.1, 0.15) is 0 Å². The Morgan fingerprint density at radius 3 is 2.72 bits per heavy atom. The van der Waals surface area contributed by atoms with Crippen LogP contribution in [0.2, 0.25) is 0 Å². The number of halogens is 1. The molecule has 1 fully saturated rings. The van der Waals surface area contributed by atoms with Crippen LogP contribution in [-0.2, 0) is 4.79 Å². The largest absolute Gasteiger partial charge is 0.376 e. The Hall–Kier alpha value is -1.22. The van der Waals surface area contributed by atoms with Gasteiger partial charge in [-0.2, -0.15) is 0 Å². The molecule has 0 bridgehead atoms. The zero-order valence-electron chi connectivity index (χ0n) is 10.7. The lowest BCUT2D eigenvalue weighted by Gasteiger charge is -2.07. The molecule has 0 heterocycles. The maximum absolute atomic E-state index is 11.6. The molecule has 100 valence electrons. The number of para-hydroxylation sites is 1. The van der Waals surface area contributed by atoms with Crippen molar-refractivity contribution in [2.75, 3.05) is 11.9 Å². The molecule has 2 atom stereocenters. The average molecular weight is 269 g/mol. The van der Waals surface area contributed by atoms with E-state index in [0.717, 1.165) is 18.0 Å². The van der Waals surface area contributed by atoms with Crippen LogP contribution in [0, 0.1) is 5.92 Å². The SMILES string of the molecule is CCCC1CC1NC(=O)CNc1ccccc1.Cl. The van der Waals surface area contributed by atoms with E-state index in [2.05, 4.69) is 17.6 Å². The summed E-state index contributed by atoms with van der Waals surface area (Å²) in [6.45, 7) is 2.55. The van der Waals surface area contributed by atoms with Crippen LogP contribution in [0.1, 0.15) is 26.2 Å². The first-order valence-corrected chi connectivity index (χ1v) is 6.38. The zero-order valence-corrected chi connectivity index (χ0v) is 11.5. The van der Waals surface area contributed by atoms with Gasteiger partial charge in [0.15, 0.2) is 0 Å². The summed E-state index contributed by atoms with van der Waals surface area (Å²) in [7, 11) is 0. The third-order valence-corrected chi connectivity index (χ3v) is 3.16. The maximum Gasteiger partial charge on any atom is 0.239 e. The molecular weight excluding hydrogens is 248 g/mol. The number of rotatable bonds is 6. The minimum atomic E-state index is 0. The van der Waals surface area contributed by atoms with Crippen LogP contribution in [0.4, 0.5) is 5.69 Å². The highest BCUT2D eigenvalue weighted by Crippen LogP contribution is 2.34. The molecule has 0 spiro atoms. The first kappa shape index (κ1) is 14.8. The van der Waals surface area contributed by atoms with E-state index in [1.54, 1.807) is 0 Å². The summed E-state index contributed by atoms with van der Waals surface area (Å²) >= 11 is 0. The van der Waals surface area contributed by atoms with Crippen molar-refractivity contribution in [2.45, 2.75) is 32.2 Å². The summed E-state index contributed by atoms with van der Waals surface area (Å²) in [4.78, 5) is 11.6. The fourth-order valence-corrected chi connectivity index (χ4v) is 2.11. The van der Waals surface area contributed by atoms with Crippen molar-refractivity contribution in [3.8, 4) is 0 Å². The Morgan fingerprint density at radius 2 is 2.06 bits per heavy atom. The van der Waals surface area contributed by atoms with Crippen LogP contribution in [0.5, 0.6) is 0 Å². The van der Waals surface area contributed by atoms with Crippen molar-refractivity contribution in [3.63, 3.8) is 0 Å². The van der Waals surface area contributed by atoms with Gasteiger partial charge in [-0.15, -0.1) is 12.4 Å².